The highest BCUT2D eigenvalue weighted by molar-refractivity contribution is 5.75. The summed E-state index contributed by atoms with van der Waals surface area (Å²) in [6.07, 6.45) is 4.54. The fourth-order valence-corrected chi connectivity index (χ4v) is 2.77. The normalized spacial score (nSPS) is 23.8. The molecule has 20 heavy (non-hydrogen) atoms. The second-order valence-corrected chi connectivity index (χ2v) is 5.84. The van der Waals surface area contributed by atoms with Crippen molar-refractivity contribution in [2.75, 3.05) is 39.4 Å². The molecule has 7 heteroatoms. The third-order valence-corrected chi connectivity index (χ3v) is 4.31. The van der Waals surface area contributed by atoms with Crippen LogP contribution in [0.1, 0.15) is 30.5 Å². The minimum absolute atomic E-state index is 0.132. The van der Waals surface area contributed by atoms with E-state index >= 15 is 0 Å². The Morgan fingerprint density at radius 1 is 1.20 bits per heavy atom. The summed E-state index contributed by atoms with van der Waals surface area (Å²) >= 11 is 0. The first-order chi connectivity index (χ1) is 9.81. The molecule has 0 atom stereocenters. The first-order valence-electron chi connectivity index (χ1n) is 7.34. The molecule has 1 aliphatic carbocycles. The molecule has 4 rings (SSSR count). The molecule has 3 aliphatic rings. The number of rotatable bonds is 2. The number of amides is 2. The Morgan fingerprint density at radius 3 is 2.65 bits per heavy atom. The lowest BCUT2D eigenvalue weighted by atomic mass is 10.1. The zero-order chi connectivity index (χ0) is 13.5. The molecule has 1 aromatic rings. The van der Waals surface area contributed by atoms with E-state index in [0.717, 1.165) is 18.8 Å². The van der Waals surface area contributed by atoms with Crippen LogP contribution in [0.3, 0.4) is 0 Å². The summed E-state index contributed by atoms with van der Waals surface area (Å²) in [6.45, 7) is 4.19. The van der Waals surface area contributed by atoms with Crippen molar-refractivity contribution in [2.24, 2.45) is 0 Å². The molecule has 3 fully saturated rings. The van der Waals surface area contributed by atoms with Gasteiger partial charge in [-0.05, 0) is 12.8 Å². The van der Waals surface area contributed by atoms with Crippen molar-refractivity contribution in [2.45, 2.75) is 24.8 Å². The summed E-state index contributed by atoms with van der Waals surface area (Å²) < 4.78 is 7.20. The zero-order valence-electron chi connectivity index (χ0n) is 11.4. The average molecular weight is 277 g/mol. The number of nitrogens with zero attached hydrogens (tertiary/aromatic N) is 5. The fraction of sp³-hybridized carbons (Fsp3) is 0.769. The lowest BCUT2D eigenvalue weighted by Gasteiger charge is -2.42. The van der Waals surface area contributed by atoms with Crippen LogP contribution in [0.25, 0.3) is 0 Å². The first-order valence-corrected chi connectivity index (χ1v) is 7.34. The number of hydrogen-bond acceptors (Lipinski definition) is 4. The van der Waals surface area contributed by atoms with Crippen molar-refractivity contribution in [1.82, 2.24) is 24.8 Å². The highest BCUT2D eigenvalue weighted by Gasteiger charge is 2.36. The van der Waals surface area contributed by atoms with E-state index in [0.29, 0.717) is 38.3 Å². The Bertz CT molecular complexity index is 501. The second kappa shape index (κ2) is 4.73. The van der Waals surface area contributed by atoms with Crippen molar-refractivity contribution < 1.29 is 9.53 Å². The molecule has 1 saturated carbocycles. The van der Waals surface area contributed by atoms with Crippen molar-refractivity contribution in [3.63, 3.8) is 0 Å². The van der Waals surface area contributed by atoms with E-state index in [-0.39, 0.29) is 6.03 Å². The van der Waals surface area contributed by atoms with Crippen LogP contribution < -0.4 is 0 Å². The summed E-state index contributed by atoms with van der Waals surface area (Å²) in [7, 11) is 0. The Balaban J connectivity index is 1.32. The second-order valence-electron chi connectivity index (χ2n) is 5.84. The van der Waals surface area contributed by atoms with Crippen molar-refractivity contribution in [3.05, 3.63) is 11.9 Å². The molecule has 108 valence electrons. The zero-order valence-corrected chi connectivity index (χ0v) is 11.4. The molecule has 3 heterocycles. The van der Waals surface area contributed by atoms with Gasteiger partial charge in [-0.15, -0.1) is 5.10 Å². The lowest BCUT2D eigenvalue weighted by molar-refractivity contribution is 0.0289. The van der Waals surface area contributed by atoms with Gasteiger partial charge in [0.05, 0.1) is 24.9 Å². The summed E-state index contributed by atoms with van der Waals surface area (Å²) in [5.74, 6) is 0.634. The maximum Gasteiger partial charge on any atom is 0.320 e. The predicted octanol–water partition coefficient (Wildman–Crippen LogP) is 0.464. The van der Waals surface area contributed by atoms with Gasteiger partial charge in [0.15, 0.2) is 0 Å². The highest BCUT2D eigenvalue weighted by Crippen LogP contribution is 2.39. The van der Waals surface area contributed by atoms with E-state index in [1.54, 1.807) is 0 Å². The molecule has 0 radical (unpaired) electrons. The number of carbonyl (C=O) groups is 1. The van der Waals surface area contributed by atoms with Gasteiger partial charge >= 0.3 is 6.03 Å². The number of morpholine rings is 1. The fourth-order valence-electron chi connectivity index (χ4n) is 2.77. The number of urea groups is 1. The minimum atomic E-state index is 0.132. The van der Waals surface area contributed by atoms with Crippen molar-refractivity contribution in [1.29, 1.82) is 0 Å². The molecule has 2 saturated heterocycles. The Morgan fingerprint density at radius 2 is 1.95 bits per heavy atom. The first kappa shape index (κ1) is 12.1. The van der Waals surface area contributed by atoms with Gasteiger partial charge in [-0.2, -0.15) is 0 Å². The summed E-state index contributed by atoms with van der Waals surface area (Å²) in [4.78, 5) is 16.0. The van der Waals surface area contributed by atoms with E-state index in [1.165, 1.54) is 12.8 Å². The van der Waals surface area contributed by atoms with Crippen LogP contribution in [0.2, 0.25) is 0 Å². The van der Waals surface area contributed by atoms with Gasteiger partial charge in [0.25, 0.3) is 0 Å². The van der Waals surface area contributed by atoms with E-state index in [2.05, 4.69) is 16.5 Å². The molecule has 2 amide bonds. The topological polar surface area (TPSA) is 63.5 Å². The number of aromatic nitrogens is 3. The number of likely N-dealkylation sites (tertiary alicyclic amines) is 1. The summed E-state index contributed by atoms with van der Waals surface area (Å²) in [6, 6.07) is 0.423. The van der Waals surface area contributed by atoms with Gasteiger partial charge in [-0.3, -0.25) is 0 Å². The highest BCUT2D eigenvalue weighted by atomic mass is 16.5. The van der Waals surface area contributed by atoms with Gasteiger partial charge in [-0.25, -0.2) is 9.48 Å². The number of ether oxygens (including phenoxy) is 1. The smallest absolute Gasteiger partial charge is 0.320 e. The lowest BCUT2D eigenvalue weighted by Crippen LogP contribution is -2.57. The quantitative estimate of drug-likeness (QED) is 0.788. The summed E-state index contributed by atoms with van der Waals surface area (Å²) in [5, 5.41) is 8.42. The SMILES string of the molecule is O=C(N1CCOCC1)N1CC(n2cc(C3CC3)nn2)C1. The minimum Gasteiger partial charge on any atom is -0.378 e. The maximum atomic E-state index is 12.2. The van der Waals surface area contributed by atoms with Crippen LogP contribution in [-0.2, 0) is 4.74 Å². The number of carbonyl (C=O) groups excluding carboxylic acids is 1. The molecule has 0 aromatic carbocycles. The van der Waals surface area contributed by atoms with Gasteiger partial charge < -0.3 is 14.5 Å². The molecule has 2 aliphatic heterocycles. The molecule has 7 nitrogen and oxygen atoms in total. The largest absolute Gasteiger partial charge is 0.378 e. The molecular formula is C13H19N5O2. The third kappa shape index (κ3) is 2.15. The van der Waals surface area contributed by atoms with E-state index < -0.39 is 0 Å². The van der Waals surface area contributed by atoms with E-state index in [9.17, 15) is 4.79 Å². The molecule has 0 N–H and O–H groups in total. The van der Waals surface area contributed by atoms with Crippen LogP contribution in [0.15, 0.2) is 6.20 Å². The Labute approximate surface area is 117 Å². The molecule has 0 spiro atoms. The van der Waals surface area contributed by atoms with Gasteiger partial charge in [0.1, 0.15) is 0 Å². The Kier molecular flexibility index (Phi) is 2.87. The monoisotopic (exact) mass is 277 g/mol. The molecule has 0 bridgehead atoms. The van der Waals surface area contributed by atoms with Gasteiger partial charge in [0.2, 0.25) is 0 Å². The molecular weight excluding hydrogens is 258 g/mol. The average Bonchev–Trinajstić information content (AvgIpc) is 3.18. The third-order valence-electron chi connectivity index (χ3n) is 4.31. The van der Waals surface area contributed by atoms with Crippen LogP contribution >= 0.6 is 0 Å². The molecule has 0 unspecified atom stereocenters. The number of hydrogen-bond donors (Lipinski definition) is 0. The van der Waals surface area contributed by atoms with E-state index in [4.69, 9.17) is 4.74 Å². The predicted molar refractivity (Wildman–Crippen MR) is 70.4 cm³/mol. The van der Waals surface area contributed by atoms with E-state index in [1.807, 2.05) is 14.5 Å². The van der Waals surface area contributed by atoms with Gasteiger partial charge in [0, 0.05) is 38.3 Å². The summed E-state index contributed by atoms with van der Waals surface area (Å²) in [5.41, 5.74) is 1.11. The Hall–Kier alpha value is -1.63. The standard InChI is InChI=1S/C13H19N5O2/c19-13(16-3-5-20-6-4-16)17-7-11(8-17)18-9-12(14-15-18)10-1-2-10/h9-11H,1-8H2. The van der Waals surface area contributed by atoms with Crippen LogP contribution in [0.4, 0.5) is 4.79 Å². The van der Waals surface area contributed by atoms with Crippen LogP contribution in [0.5, 0.6) is 0 Å². The molecule has 1 aromatic heterocycles. The van der Waals surface area contributed by atoms with Crippen molar-refractivity contribution >= 4 is 6.03 Å². The maximum absolute atomic E-state index is 12.2. The van der Waals surface area contributed by atoms with Gasteiger partial charge in [-0.1, -0.05) is 5.21 Å². The van der Waals surface area contributed by atoms with Crippen LogP contribution in [-0.4, -0.2) is 70.2 Å². The van der Waals surface area contributed by atoms with Crippen LogP contribution in [0, 0.1) is 0 Å². The van der Waals surface area contributed by atoms with Crippen molar-refractivity contribution in [3.8, 4) is 0 Å².